The SMILES string of the molecule is O=C(O)[C@@H]1CC[C@H](C(=O)N2CCC(n3cnnc3)CC2)C1. The molecule has 1 N–H and O–H groups in total. The maximum Gasteiger partial charge on any atom is 0.306 e. The van der Waals surface area contributed by atoms with E-state index in [1.807, 2.05) is 9.47 Å². The molecule has 21 heavy (non-hydrogen) atoms. The predicted octanol–water partition coefficient (Wildman–Crippen LogP) is 0.942. The number of carboxylic acid groups (broad SMARTS) is 1. The minimum atomic E-state index is -0.767. The highest BCUT2D eigenvalue weighted by atomic mass is 16.4. The van der Waals surface area contributed by atoms with Gasteiger partial charge in [0.2, 0.25) is 5.91 Å². The Morgan fingerprint density at radius 2 is 1.62 bits per heavy atom. The standard InChI is InChI=1S/C14H20N4O3/c19-13(10-1-2-11(7-10)14(20)21)17-5-3-12(4-6-17)18-8-15-16-9-18/h8-12H,1-7H2,(H,20,21)/t10-,11+/m0/s1. The van der Waals surface area contributed by atoms with E-state index in [2.05, 4.69) is 10.2 Å². The van der Waals surface area contributed by atoms with Crippen molar-refractivity contribution < 1.29 is 14.7 Å². The molecule has 1 aliphatic carbocycles. The molecule has 0 spiro atoms. The summed E-state index contributed by atoms with van der Waals surface area (Å²) in [6.45, 7) is 1.46. The van der Waals surface area contributed by atoms with Crippen LogP contribution in [0.4, 0.5) is 0 Å². The fourth-order valence-corrected chi connectivity index (χ4v) is 3.47. The summed E-state index contributed by atoms with van der Waals surface area (Å²) < 4.78 is 2.00. The number of carbonyl (C=O) groups excluding carboxylic acids is 1. The number of aliphatic carboxylic acids is 1. The molecule has 1 amide bonds. The van der Waals surface area contributed by atoms with Crippen molar-refractivity contribution in [1.29, 1.82) is 0 Å². The Balaban J connectivity index is 1.52. The first-order chi connectivity index (χ1) is 10.1. The molecule has 0 radical (unpaired) electrons. The van der Waals surface area contributed by atoms with Gasteiger partial charge < -0.3 is 14.6 Å². The van der Waals surface area contributed by atoms with Gasteiger partial charge in [0.15, 0.2) is 0 Å². The van der Waals surface area contributed by atoms with E-state index >= 15 is 0 Å². The Morgan fingerprint density at radius 1 is 1.00 bits per heavy atom. The highest BCUT2D eigenvalue weighted by Gasteiger charge is 2.36. The lowest BCUT2D eigenvalue weighted by atomic mass is 10.00. The molecule has 2 fully saturated rings. The van der Waals surface area contributed by atoms with Crippen LogP contribution in [0.2, 0.25) is 0 Å². The molecule has 1 aromatic rings. The van der Waals surface area contributed by atoms with Crippen LogP contribution in [-0.4, -0.2) is 49.7 Å². The van der Waals surface area contributed by atoms with Crippen molar-refractivity contribution in [3.8, 4) is 0 Å². The van der Waals surface area contributed by atoms with Crippen LogP contribution < -0.4 is 0 Å². The molecule has 7 heteroatoms. The van der Waals surface area contributed by atoms with Crippen molar-refractivity contribution in [2.24, 2.45) is 11.8 Å². The largest absolute Gasteiger partial charge is 0.481 e. The first-order valence-electron chi connectivity index (χ1n) is 7.51. The van der Waals surface area contributed by atoms with E-state index in [-0.39, 0.29) is 17.7 Å². The molecular weight excluding hydrogens is 272 g/mol. The maximum absolute atomic E-state index is 12.5. The van der Waals surface area contributed by atoms with Gasteiger partial charge in [-0.15, -0.1) is 10.2 Å². The number of nitrogens with zero attached hydrogens (tertiary/aromatic N) is 4. The average molecular weight is 292 g/mol. The van der Waals surface area contributed by atoms with Crippen LogP contribution in [0, 0.1) is 11.8 Å². The lowest BCUT2D eigenvalue weighted by Gasteiger charge is -2.33. The van der Waals surface area contributed by atoms with Crippen molar-refractivity contribution in [1.82, 2.24) is 19.7 Å². The quantitative estimate of drug-likeness (QED) is 0.895. The number of amides is 1. The van der Waals surface area contributed by atoms with Gasteiger partial charge in [0.05, 0.1) is 5.92 Å². The average Bonchev–Trinajstić information content (AvgIpc) is 3.18. The number of piperidine rings is 1. The fourth-order valence-electron chi connectivity index (χ4n) is 3.47. The third kappa shape index (κ3) is 2.91. The van der Waals surface area contributed by atoms with E-state index < -0.39 is 5.97 Å². The van der Waals surface area contributed by atoms with Crippen LogP contribution in [0.5, 0.6) is 0 Å². The number of hydrogen-bond donors (Lipinski definition) is 1. The number of hydrogen-bond acceptors (Lipinski definition) is 4. The Hall–Kier alpha value is -1.92. The zero-order valence-electron chi connectivity index (χ0n) is 11.9. The second-order valence-corrected chi connectivity index (χ2v) is 6.01. The highest BCUT2D eigenvalue weighted by molar-refractivity contribution is 5.81. The summed E-state index contributed by atoms with van der Waals surface area (Å²) >= 11 is 0. The van der Waals surface area contributed by atoms with Gasteiger partial charge in [-0.25, -0.2) is 0 Å². The van der Waals surface area contributed by atoms with E-state index in [1.165, 1.54) is 0 Å². The zero-order chi connectivity index (χ0) is 14.8. The van der Waals surface area contributed by atoms with E-state index in [4.69, 9.17) is 5.11 Å². The van der Waals surface area contributed by atoms with Crippen LogP contribution in [-0.2, 0) is 9.59 Å². The van der Waals surface area contributed by atoms with E-state index in [0.29, 0.717) is 25.3 Å². The first kappa shape index (κ1) is 14.0. The summed E-state index contributed by atoms with van der Waals surface area (Å²) in [7, 11) is 0. The van der Waals surface area contributed by atoms with Crippen molar-refractivity contribution in [2.75, 3.05) is 13.1 Å². The second-order valence-electron chi connectivity index (χ2n) is 6.01. The smallest absolute Gasteiger partial charge is 0.306 e. The van der Waals surface area contributed by atoms with Gasteiger partial charge in [-0.3, -0.25) is 9.59 Å². The normalized spacial score (nSPS) is 27.0. The summed E-state index contributed by atoms with van der Waals surface area (Å²) in [4.78, 5) is 25.3. The monoisotopic (exact) mass is 292 g/mol. The number of carboxylic acids is 1. The highest BCUT2D eigenvalue weighted by Crippen LogP contribution is 2.33. The summed E-state index contributed by atoms with van der Waals surface area (Å²) in [5.41, 5.74) is 0. The van der Waals surface area contributed by atoms with Crippen molar-refractivity contribution >= 4 is 11.9 Å². The molecule has 1 saturated heterocycles. The minimum absolute atomic E-state index is 0.0995. The maximum atomic E-state index is 12.5. The summed E-state index contributed by atoms with van der Waals surface area (Å²) in [6, 6.07) is 0.361. The number of carbonyl (C=O) groups is 2. The van der Waals surface area contributed by atoms with E-state index in [9.17, 15) is 9.59 Å². The zero-order valence-corrected chi connectivity index (χ0v) is 11.9. The molecule has 0 bridgehead atoms. The van der Waals surface area contributed by atoms with Crippen molar-refractivity contribution in [2.45, 2.75) is 38.1 Å². The molecule has 114 valence electrons. The Bertz CT molecular complexity index is 508. The first-order valence-corrected chi connectivity index (χ1v) is 7.51. The molecule has 0 aromatic carbocycles. The molecule has 2 atom stereocenters. The summed E-state index contributed by atoms with van der Waals surface area (Å²) in [6.07, 6.45) is 7.08. The number of aromatic nitrogens is 3. The van der Waals surface area contributed by atoms with Gasteiger partial charge in [-0.1, -0.05) is 0 Å². The third-order valence-electron chi connectivity index (χ3n) is 4.77. The Morgan fingerprint density at radius 3 is 2.19 bits per heavy atom. The predicted molar refractivity (Wildman–Crippen MR) is 73.3 cm³/mol. The topological polar surface area (TPSA) is 88.3 Å². The van der Waals surface area contributed by atoms with Gasteiger partial charge in [0.1, 0.15) is 12.7 Å². The molecular formula is C14H20N4O3. The van der Waals surface area contributed by atoms with Gasteiger partial charge in [0.25, 0.3) is 0 Å². The molecule has 3 rings (SSSR count). The molecule has 1 saturated carbocycles. The molecule has 0 unspecified atom stereocenters. The van der Waals surface area contributed by atoms with Crippen molar-refractivity contribution in [3.05, 3.63) is 12.7 Å². The Labute approximate surface area is 123 Å². The van der Waals surface area contributed by atoms with Gasteiger partial charge in [0, 0.05) is 25.0 Å². The van der Waals surface area contributed by atoms with Gasteiger partial charge in [-0.05, 0) is 32.1 Å². The number of rotatable bonds is 3. The van der Waals surface area contributed by atoms with Gasteiger partial charge >= 0.3 is 5.97 Å². The second kappa shape index (κ2) is 5.83. The summed E-state index contributed by atoms with van der Waals surface area (Å²) in [5, 5.41) is 16.7. The molecule has 2 heterocycles. The van der Waals surface area contributed by atoms with Crippen LogP contribution in [0.1, 0.15) is 38.1 Å². The summed E-state index contributed by atoms with van der Waals surface area (Å²) in [5.74, 6) is -1.07. The van der Waals surface area contributed by atoms with Gasteiger partial charge in [-0.2, -0.15) is 0 Å². The molecule has 2 aliphatic rings. The lowest BCUT2D eigenvalue weighted by molar-refractivity contribution is -0.141. The van der Waals surface area contributed by atoms with Crippen LogP contribution in [0.3, 0.4) is 0 Å². The Kier molecular flexibility index (Phi) is 3.90. The fraction of sp³-hybridized carbons (Fsp3) is 0.714. The van der Waals surface area contributed by atoms with Crippen LogP contribution in [0.25, 0.3) is 0 Å². The molecule has 1 aromatic heterocycles. The van der Waals surface area contributed by atoms with Crippen molar-refractivity contribution in [3.63, 3.8) is 0 Å². The van der Waals surface area contributed by atoms with Crippen LogP contribution in [0.15, 0.2) is 12.7 Å². The number of likely N-dealkylation sites (tertiary alicyclic amines) is 1. The third-order valence-corrected chi connectivity index (χ3v) is 4.77. The lowest BCUT2D eigenvalue weighted by Crippen LogP contribution is -2.41. The van der Waals surface area contributed by atoms with E-state index in [0.717, 1.165) is 25.9 Å². The molecule has 7 nitrogen and oxygen atoms in total. The minimum Gasteiger partial charge on any atom is -0.481 e. The van der Waals surface area contributed by atoms with Crippen LogP contribution >= 0.6 is 0 Å². The van der Waals surface area contributed by atoms with E-state index in [1.54, 1.807) is 12.7 Å². The molecule has 1 aliphatic heterocycles.